The first-order valence-electron chi connectivity index (χ1n) is 13.2. The van der Waals surface area contributed by atoms with Gasteiger partial charge in [0.15, 0.2) is 0 Å². The van der Waals surface area contributed by atoms with Crippen LogP contribution in [0.2, 0.25) is 5.02 Å². The SMILES string of the molecule is CCOc1ccccc1N(CC(=O)N(Cc1cccc(Cl)c1)[C@H](C)C(=O)N[C@H](C)CC)S(=O)(=O)c1ccccc1. The molecule has 0 saturated carbocycles. The second-order valence-corrected chi connectivity index (χ2v) is 11.7. The minimum Gasteiger partial charge on any atom is -0.492 e. The molecule has 3 rings (SSSR count). The predicted octanol–water partition coefficient (Wildman–Crippen LogP) is 5.27. The Balaban J connectivity index is 2.06. The molecule has 0 spiro atoms. The van der Waals surface area contributed by atoms with E-state index in [1.165, 1.54) is 17.0 Å². The van der Waals surface area contributed by atoms with Crippen molar-refractivity contribution in [2.45, 2.75) is 57.6 Å². The minimum absolute atomic E-state index is 0.0260. The van der Waals surface area contributed by atoms with E-state index in [4.69, 9.17) is 16.3 Å². The van der Waals surface area contributed by atoms with Gasteiger partial charge in [0, 0.05) is 17.6 Å². The standard InChI is InChI=1S/C30H36ClN3O5S/c1-5-22(3)32-30(36)23(4)33(20-24-13-12-14-25(31)19-24)29(35)21-34(27-17-10-11-18-28(27)39-6-2)40(37,38)26-15-8-7-9-16-26/h7-19,22-23H,5-6,20-21H2,1-4H3,(H,32,36)/t22-,23-/m1/s1. The number of benzene rings is 3. The van der Waals surface area contributed by atoms with Gasteiger partial charge in [-0.3, -0.25) is 13.9 Å². The molecular weight excluding hydrogens is 550 g/mol. The molecule has 0 aliphatic carbocycles. The van der Waals surface area contributed by atoms with Gasteiger partial charge in [0.1, 0.15) is 18.3 Å². The van der Waals surface area contributed by atoms with Crippen LogP contribution in [-0.2, 0) is 26.2 Å². The Bertz CT molecular complexity index is 1400. The van der Waals surface area contributed by atoms with Crippen molar-refractivity contribution in [2.75, 3.05) is 17.5 Å². The van der Waals surface area contributed by atoms with E-state index in [1.807, 2.05) is 13.8 Å². The first-order chi connectivity index (χ1) is 19.1. The number of nitrogens with one attached hydrogen (secondary N) is 1. The van der Waals surface area contributed by atoms with Gasteiger partial charge in [0.25, 0.3) is 10.0 Å². The molecule has 214 valence electrons. The number of nitrogens with zero attached hydrogens (tertiary/aromatic N) is 2. The van der Waals surface area contributed by atoms with Gasteiger partial charge in [-0.05, 0) is 69.2 Å². The summed E-state index contributed by atoms with van der Waals surface area (Å²) in [7, 11) is -4.19. The van der Waals surface area contributed by atoms with Crippen LogP contribution in [0.25, 0.3) is 0 Å². The normalized spacial score (nSPS) is 12.7. The van der Waals surface area contributed by atoms with Crippen molar-refractivity contribution in [1.29, 1.82) is 0 Å². The summed E-state index contributed by atoms with van der Waals surface area (Å²) in [4.78, 5) is 28.6. The second-order valence-electron chi connectivity index (χ2n) is 9.37. The molecule has 10 heteroatoms. The lowest BCUT2D eigenvalue weighted by molar-refractivity contribution is -0.139. The van der Waals surface area contributed by atoms with Crippen LogP contribution in [0.1, 0.15) is 39.7 Å². The summed E-state index contributed by atoms with van der Waals surface area (Å²) < 4.78 is 34.7. The van der Waals surface area contributed by atoms with E-state index in [-0.39, 0.29) is 29.1 Å². The first-order valence-corrected chi connectivity index (χ1v) is 15.0. The van der Waals surface area contributed by atoms with Crippen LogP contribution >= 0.6 is 11.6 Å². The lowest BCUT2D eigenvalue weighted by atomic mass is 10.1. The van der Waals surface area contributed by atoms with Gasteiger partial charge < -0.3 is 15.0 Å². The van der Waals surface area contributed by atoms with E-state index in [2.05, 4.69) is 5.32 Å². The Hall–Kier alpha value is -3.56. The van der Waals surface area contributed by atoms with Crippen molar-refractivity contribution < 1.29 is 22.7 Å². The molecular formula is C30H36ClN3O5S. The zero-order chi connectivity index (χ0) is 29.3. The van der Waals surface area contributed by atoms with Crippen molar-refractivity contribution in [3.05, 3.63) is 89.4 Å². The number of sulfonamides is 1. The van der Waals surface area contributed by atoms with Crippen LogP contribution in [0.15, 0.2) is 83.8 Å². The molecule has 2 amide bonds. The summed E-state index contributed by atoms with van der Waals surface area (Å²) in [6.07, 6.45) is 0.720. The molecule has 0 aromatic heterocycles. The van der Waals surface area contributed by atoms with Gasteiger partial charge in [-0.25, -0.2) is 8.42 Å². The Morgan fingerprint density at radius 2 is 1.62 bits per heavy atom. The molecule has 0 heterocycles. The lowest BCUT2D eigenvalue weighted by Crippen LogP contribution is -2.52. The number of para-hydroxylation sites is 2. The highest BCUT2D eigenvalue weighted by atomic mass is 35.5. The van der Waals surface area contributed by atoms with E-state index in [1.54, 1.807) is 80.6 Å². The minimum atomic E-state index is -4.19. The number of rotatable bonds is 13. The van der Waals surface area contributed by atoms with Crippen LogP contribution in [0.3, 0.4) is 0 Å². The van der Waals surface area contributed by atoms with Gasteiger partial charge >= 0.3 is 0 Å². The quantitative estimate of drug-likeness (QED) is 0.295. The van der Waals surface area contributed by atoms with E-state index in [9.17, 15) is 18.0 Å². The van der Waals surface area contributed by atoms with Crippen molar-refractivity contribution in [3.8, 4) is 5.75 Å². The maximum absolute atomic E-state index is 14.0. The average Bonchev–Trinajstić information content (AvgIpc) is 2.95. The van der Waals surface area contributed by atoms with Crippen LogP contribution in [0.4, 0.5) is 5.69 Å². The van der Waals surface area contributed by atoms with Gasteiger partial charge in [0.05, 0.1) is 17.2 Å². The van der Waals surface area contributed by atoms with E-state index >= 15 is 0 Å². The zero-order valence-corrected chi connectivity index (χ0v) is 24.8. The summed E-state index contributed by atoms with van der Waals surface area (Å²) in [6, 6.07) is 20.6. The van der Waals surface area contributed by atoms with Crippen molar-refractivity contribution >= 4 is 39.1 Å². The zero-order valence-electron chi connectivity index (χ0n) is 23.2. The van der Waals surface area contributed by atoms with Crippen LogP contribution in [0, 0.1) is 0 Å². The lowest BCUT2D eigenvalue weighted by Gasteiger charge is -2.33. The highest BCUT2D eigenvalue weighted by molar-refractivity contribution is 7.92. The maximum Gasteiger partial charge on any atom is 0.264 e. The van der Waals surface area contributed by atoms with Gasteiger partial charge in [-0.15, -0.1) is 0 Å². The summed E-state index contributed by atoms with van der Waals surface area (Å²) in [6.45, 7) is 7.06. The van der Waals surface area contributed by atoms with Gasteiger partial charge in [-0.2, -0.15) is 0 Å². The topological polar surface area (TPSA) is 96.0 Å². The van der Waals surface area contributed by atoms with E-state index in [0.29, 0.717) is 22.9 Å². The van der Waals surface area contributed by atoms with Crippen LogP contribution in [-0.4, -0.2) is 50.4 Å². The first kappa shape index (κ1) is 31.0. The van der Waals surface area contributed by atoms with Crippen molar-refractivity contribution in [2.24, 2.45) is 0 Å². The molecule has 0 fully saturated rings. The number of halogens is 1. The Morgan fingerprint density at radius 1 is 0.950 bits per heavy atom. The number of carbonyl (C=O) groups excluding carboxylic acids is 2. The second kappa shape index (κ2) is 14.2. The molecule has 0 bridgehead atoms. The third kappa shape index (κ3) is 7.76. The molecule has 0 aliphatic heterocycles. The number of hydrogen-bond donors (Lipinski definition) is 1. The number of hydrogen-bond acceptors (Lipinski definition) is 5. The Labute approximate surface area is 241 Å². The molecule has 0 unspecified atom stereocenters. The van der Waals surface area contributed by atoms with Crippen LogP contribution < -0.4 is 14.4 Å². The summed E-state index contributed by atoms with van der Waals surface area (Å²) in [5, 5.41) is 3.40. The number of carbonyl (C=O) groups is 2. The molecule has 3 aromatic rings. The molecule has 2 atom stereocenters. The molecule has 8 nitrogen and oxygen atoms in total. The largest absolute Gasteiger partial charge is 0.492 e. The molecule has 1 N–H and O–H groups in total. The fourth-order valence-corrected chi connectivity index (χ4v) is 5.71. The Morgan fingerprint density at radius 3 is 2.27 bits per heavy atom. The molecule has 40 heavy (non-hydrogen) atoms. The van der Waals surface area contributed by atoms with Crippen molar-refractivity contribution in [3.63, 3.8) is 0 Å². The molecule has 3 aromatic carbocycles. The third-order valence-corrected chi connectivity index (χ3v) is 8.46. The fourth-order valence-electron chi connectivity index (χ4n) is 4.05. The highest BCUT2D eigenvalue weighted by Crippen LogP contribution is 2.33. The smallest absolute Gasteiger partial charge is 0.264 e. The average molecular weight is 586 g/mol. The predicted molar refractivity (Wildman–Crippen MR) is 158 cm³/mol. The molecule has 0 saturated heterocycles. The fraction of sp³-hybridized carbons (Fsp3) is 0.333. The molecule has 0 aliphatic rings. The maximum atomic E-state index is 14.0. The van der Waals surface area contributed by atoms with E-state index in [0.717, 1.165) is 10.7 Å². The van der Waals surface area contributed by atoms with E-state index < -0.39 is 28.5 Å². The molecule has 0 radical (unpaired) electrons. The summed E-state index contributed by atoms with van der Waals surface area (Å²) in [5.41, 5.74) is 0.928. The third-order valence-electron chi connectivity index (χ3n) is 6.45. The summed E-state index contributed by atoms with van der Waals surface area (Å²) in [5.74, 6) is -0.573. The summed E-state index contributed by atoms with van der Waals surface area (Å²) >= 11 is 6.19. The Kier molecular flexibility index (Phi) is 11.0. The van der Waals surface area contributed by atoms with Crippen molar-refractivity contribution in [1.82, 2.24) is 10.2 Å². The number of amides is 2. The number of anilines is 1. The van der Waals surface area contributed by atoms with Crippen LogP contribution in [0.5, 0.6) is 5.75 Å². The monoisotopic (exact) mass is 585 g/mol. The highest BCUT2D eigenvalue weighted by Gasteiger charge is 2.34. The van der Waals surface area contributed by atoms with Gasteiger partial charge in [0.2, 0.25) is 11.8 Å². The number of ether oxygens (including phenoxy) is 1. The van der Waals surface area contributed by atoms with Gasteiger partial charge in [-0.1, -0.05) is 61.0 Å².